The van der Waals surface area contributed by atoms with Crippen LogP contribution in [0.15, 0.2) is 30.9 Å². The number of aliphatic hydroxyl groups is 1. The van der Waals surface area contributed by atoms with E-state index in [2.05, 4.69) is 6.58 Å². The van der Waals surface area contributed by atoms with Gasteiger partial charge >= 0.3 is 0 Å². The standard InChI is InChI=1S/C11H10O3/c1-3-11(13)7-5-4-6-8(14-2)9(7)10(11)12/h3-6,13H,1H2,2H3/t11-/m0/s1. The second kappa shape index (κ2) is 2.69. The maximum Gasteiger partial charge on any atom is 0.207 e. The molecule has 0 heterocycles. The minimum atomic E-state index is -1.51. The molecule has 0 aliphatic heterocycles. The van der Waals surface area contributed by atoms with Crippen molar-refractivity contribution in [3.8, 4) is 5.75 Å². The van der Waals surface area contributed by atoms with Gasteiger partial charge in [-0.25, -0.2) is 0 Å². The van der Waals surface area contributed by atoms with Gasteiger partial charge in [-0.05, 0) is 12.1 Å². The van der Waals surface area contributed by atoms with Gasteiger partial charge in [-0.2, -0.15) is 0 Å². The zero-order chi connectivity index (χ0) is 10.3. The Bertz CT molecular complexity index is 423. The quantitative estimate of drug-likeness (QED) is 0.714. The predicted molar refractivity (Wildman–Crippen MR) is 51.4 cm³/mol. The lowest BCUT2D eigenvalue weighted by Crippen LogP contribution is -2.44. The van der Waals surface area contributed by atoms with Crippen LogP contribution in [0, 0.1) is 0 Å². The molecule has 3 nitrogen and oxygen atoms in total. The van der Waals surface area contributed by atoms with Gasteiger partial charge in [-0.3, -0.25) is 4.79 Å². The highest BCUT2D eigenvalue weighted by atomic mass is 16.5. The van der Waals surface area contributed by atoms with E-state index in [0.29, 0.717) is 16.9 Å². The minimum absolute atomic E-state index is 0.347. The van der Waals surface area contributed by atoms with Crippen molar-refractivity contribution in [2.75, 3.05) is 7.11 Å². The SMILES string of the molecule is C=C[C@@]1(O)C(=O)c2c(OC)cccc21. The lowest BCUT2D eigenvalue weighted by Gasteiger charge is -2.35. The lowest BCUT2D eigenvalue weighted by atomic mass is 9.72. The average Bonchev–Trinajstić information content (AvgIpc) is 2.26. The largest absolute Gasteiger partial charge is 0.496 e. The zero-order valence-corrected chi connectivity index (χ0v) is 7.78. The molecule has 0 aromatic heterocycles. The van der Waals surface area contributed by atoms with Crippen molar-refractivity contribution in [3.05, 3.63) is 42.0 Å². The Kier molecular flexibility index (Phi) is 1.72. The van der Waals surface area contributed by atoms with E-state index in [-0.39, 0.29) is 5.78 Å². The number of carbonyl (C=O) groups excluding carboxylic acids is 1. The Labute approximate surface area is 81.6 Å². The molecule has 72 valence electrons. The van der Waals surface area contributed by atoms with Crippen LogP contribution in [0.5, 0.6) is 5.75 Å². The molecule has 2 rings (SSSR count). The highest BCUT2D eigenvalue weighted by Gasteiger charge is 2.49. The van der Waals surface area contributed by atoms with Crippen LogP contribution in [0.1, 0.15) is 15.9 Å². The molecule has 0 saturated heterocycles. The number of hydrogen-bond acceptors (Lipinski definition) is 3. The molecule has 1 aliphatic carbocycles. The first-order valence-corrected chi connectivity index (χ1v) is 4.23. The van der Waals surface area contributed by atoms with Gasteiger partial charge in [0, 0.05) is 5.56 Å². The fraction of sp³-hybridized carbons (Fsp3) is 0.182. The van der Waals surface area contributed by atoms with Gasteiger partial charge in [0.1, 0.15) is 5.75 Å². The Morgan fingerprint density at radius 2 is 2.29 bits per heavy atom. The molecule has 0 unspecified atom stereocenters. The maximum atomic E-state index is 11.6. The molecule has 1 atom stereocenters. The van der Waals surface area contributed by atoms with Crippen LogP contribution < -0.4 is 4.74 Å². The molecular formula is C11H10O3. The van der Waals surface area contributed by atoms with Crippen LogP contribution in [0.3, 0.4) is 0 Å². The number of carbonyl (C=O) groups is 1. The number of fused-ring (bicyclic) bond motifs is 1. The summed E-state index contributed by atoms with van der Waals surface area (Å²) in [6.45, 7) is 3.45. The number of Topliss-reactive ketones (excluding diaryl/α,β-unsaturated/α-hetero) is 1. The van der Waals surface area contributed by atoms with Crippen molar-refractivity contribution in [3.63, 3.8) is 0 Å². The topological polar surface area (TPSA) is 46.5 Å². The highest BCUT2D eigenvalue weighted by molar-refractivity contribution is 6.15. The van der Waals surface area contributed by atoms with Crippen molar-refractivity contribution in [2.45, 2.75) is 5.60 Å². The summed E-state index contributed by atoms with van der Waals surface area (Å²) in [4.78, 5) is 11.6. The third-order valence-corrected chi connectivity index (χ3v) is 2.53. The molecule has 0 radical (unpaired) electrons. The van der Waals surface area contributed by atoms with Crippen molar-refractivity contribution >= 4 is 5.78 Å². The fourth-order valence-electron chi connectivity index (χ4n) is 1.71. The monoisotopic (exact) mass is 190 g/mol. The highest BCUT2D eigenvalue weighted by Crippen LogP contribution is 2.44. The molecule has 0 bridgehead atoms. The van der Waals surface area contributed by atoms with E-state index in [1.54, 1.807) is 18.2 Å². The second-order valence-corrected chi connectivity index (χ2v) is 3.18. The third kappa shape index (κ3) is 0.822. The van der Waals surface area contributed by atoms with E-state index in [1.165, 1.54) is 13.2 Å². The molecule has 0 amide bonds. The summed E-state index contributed by atoms with van der Waals surface area (Å²) in [7, 11) is 1.49. The van der Waals surface area contributed by atoms with Crippen LogP contribution in [0.2, 0.25) is 0 Å². The first-order valence-electron chi connectivity index (χ1n) is 4.23. The van der Waals surface area contributed by atoms with Crippen molar-refractivity contribution < 1.29 is 14.6 Å². The van der Waals surface area contributed by atoms with Gasteiger partial charge in [0.05, 0.1) is 12.7 Å². The Morgan fingerprint density at radius 1 is 1.57 bits per heavy atom. The average molecular weight is 190 g/mol. The van der Waals surface area contributed by atoms with E-state index in [0.717, 1.165) is 0 Å². The van der Waals surface area contributed by atoms with E-state index in [1.807, 2.05) is 0 Å². The van der Waals surface area contributed by atoms with Crippen LogP contribution >= 0.6 is 0 Å². The number of ketones is 1. The summed E-state index contributed by atoms with van der Waals surface area (Å²) < 4.78 is 5.02. The summed E-state index contributed by atoms with van der Waals surface area (Å²) >= 11 is 0. The van der Waals surface area contributed by atoms with Crippen molar-refractivity contribution in [1.29, 1.82) is 0 Å². The summed E-state index contributed by atoms with van der Waals surface area (Å²) in [5, 5.41) is 9.84. The van der Waals surface area contributed by atoms with E-state index in [4.69, 9.17) is 4.74 Å². The Morgan fingerprint density at radius 3 is 2.86 bits per heavy atom. The van der Waals surface area contributed by atoms with Gasteiger partial charge in [0.25, 0.3) is 0 Å². The number of hydrogen-bond donors (Lipinski definition) is 1. The van der Waals surface area contributed by atoms with Gasteiger partial charge in [0.2, 0.25) is 5.78 Å². The summed E-state index contributed by atoms with van der Waals surface area (Å²) in [5.41, 5.74) is -0.488. The van der Waals surface area contributed by atoms with Crippen molar-refractivity contribution in [1.82, 2.24) is 0 Å². The number of ether oxygens (including phenoxy) is 1. The molecule has 0 saturated carbocycles. The molecule has 14 heavy (non-hydrogen) atoms. The van der Waals surface area contributed by atoms with E-state index >= 15 is 0 Å². The number of methoxy groups -OCH3 is 1. The van der Waals surface area contributed by atoms with Crippen LogP contribution in [-0.2, 0) is 5.60 Å². The van der Waals surface area contributed by atoms with Gasteiger partial charge in [-0.15, -0.1) is 0 Å². The first kappa shape index (κ1) is 8.97. The fourth-order valence-corrected chi connectivity index (χ4v) is 1.71. The second-order valence-electron chi connectivity index (χ2n) is 3.18. The van der Waals surface area contributed by atoms with Gasteiger partial charge in [-0.1, -0.05) is 18.7 Å². The molecule has 3 heteroatoms. The smallest absolute Gasteiger partial charge is 0.207 e. The normalized spacial score (nSPS) is 23.7. The molecule has 1 aromatic rings. The first-order chi connectivity index (χ1) is 6.65. The van der Waals surface area contributed by atoms with Crippen LogP contribution in [0.25, 0.3) is 0 Å². The molecular weight excluding hydrogens is 180 g/mol. The molecule has 0 spiro atoms. The predicted octanol–water partition coefficient (Wildman–Crippen LogP) is 1.27. The lowest BCUT2D eigenvalue weighted by molar-refractivity contribution is 0.0406. The molecule has 1 N–H and O–H groups in total. The zero-order valence-electron chi connectivity index (χ0n) is 7.78. The van der Waals surface area contributed by atoms with Crippen molar-refractivity contribution in [2.24, 2.45) is 0 Å². The summed E-state index contributed by atoms with van der Waals surface area (Å²) in [5.74, 6) is 0.152. The van der Waals surface area contributed by atoms with Gasteiger partial charge < -0.3 is 9.84 Å². The van der Waals surface area contributed by atoms with Gasteiger partial charge in [0.15, 0.2) is 5.60 Å². The van der Waals surface area contributed by atoms with E-state index in [9.17, 15) is 9.90 Å². The third-order valence-electron chi connectivity index (χ3n) is 2.53. The molecule has 1 aromatic carbocycles. The van der Waals surface area contributed by atoms with Crippen LogP contribution in [0.4, 0.5) is 0 Å². The summed E-state index contributed by atoms with van der Waals surface area (Å²) in [6.07, 6.45) is 1.25. The minimum Gasteiger partial charge on any atom is -0.496 e. The Hall–Kier alpha value is -1.61. The molecule has 1 aliphatic rings. The molecule has 0 fully saturated rings. The maximum absolute atomic E-state index is 11.6. The van der Waals surface area contributed by atoms with E-state index < -0.39 is 5.60 Å². The Balaban J connectivity index is 2.64. The van der Waals surface area contributed by atoms with Crippen LogP contribution in [-0.4, -0.2) is 18.0 Å². The summed E-state index contributed by atoms with van der Waals surface area (Å²) in [6, 6.07) is 5.12. The number of rotatable bonds is 2. The number of benzene rings is 1.